The second kappa shape index (κ2) is 6.70. The van der Waals surface area contributed by atoms with Gasteiger partial charge in [0.15, 0.2) is 0 Å². The van der Waals surface area contributed by atoms with E-state index in [1.807, 2.05) is 29.9 Å². The van der Waals surface area contributed by atoms with Crippen molar-refractivity contribution < 1.29 is 4.74 Å². The van der Waals surface area contributed by atoms with E-state index in [1.54, 1.807) is 11.8 Å². The minimum absolute atomic E-state index is 0.214. The van der Waals surface area contributed by atoms with Crippen LogP contribution >= 0.6 is 23.4 Å². The molecule has 1 saturated heterocycles. The molecule has 1 unspecified atom stereocenters. The summed E-state index contributed by atoms with van der Waals surface area (Å²) in [5, 5.41) is 13.5. The summed E-state index contributed by atoms with van der Waals surface area (Å²) in [6.45, 7) is 1.53. The molecule has 1 aliphatic rings. The molecular weight excluding hydrogens is 348 g/mol. The molecule has 126 valence electrons. The van der Waals surface area contributed by atoms with Crippen LogP contribution in [0, 0.1) is 0 Å². The molecular formula is C15H17ClN6OS. The molecule has 4 rings (SSSR count). The molecule has 1 fully saturated rings. The Balaban J connectivity index is 1.49. The maximum Gasteiger partial charge on any atom is 0.209 e. The van der Waals surface area contributed by atoms with Crippen LogP contribution in [0.4, 0.5) is 0 Å². The SMILES string of the molecule is Cn1c(CSc2nnnn2CC2CCCO2)nc2cc(Cl)ccc21. The second-order valence-corrected chi connectivity index (χ2v) is 7.17. The number of benzene rings is 1. The van der Waals surface area contributed by atoms with E-state index >= 15 is 0 Å². The molecule has 0 N–H and O–H groups in total. The van der Waals surface area contributed by atoms with Gasteiger partial charge in [-0.1, -0.05) is 23.4 Å². The third kappa shape index (κ3) is 3.13. The van der Waals surface area contributed by atoms with E-state index < -0.39 is 0 Å². The summed E-state index contributed by atoms with van der Waals surface area (Å²) in [7, 11) is 2.01. The molecule has 9 heteroatoms. The van der Waals surface area contributed by atoms with Gasteiger partial charge < -0.3 is 9.30 Å². The fraction of sp³-hybridized carbons (Fsp3) is 0.467. The monoisotopic (exact) mass is 364 g/mol. The largest absolute Gasteiger partial charge is 0.376 e. The van der Waals surface area contributed by atoms with Crippen LogP contribution in [0.1, 0.15) is 18.7 Å². The predicted octanol–water partition coefficient (Wildman–Crippen LogP) is 2.68. The van der Waals surface area contributed by atoms with Gasteiger partial charge in [0, 0.05) is 18.7 Å². The van der Waals surface area contributed by atoms with Crippen LogP contribution in [-0.4, -0.2) is 42.5 Å². The highest BCUT2D eigenvalue weighted by atomic mass is 35.5. The zero-order valence-electron chi connectivity index (χ0n) is 13.2. The number of imidazole rings is 1. The third-order valence-corrected chi connectivity index (χ3v) is 5.35. The summed E-state index contributed by atoms with van der Waals surface area (Å²) in [5.74, 6) is 1.65. The molecule has 2 aromatic heterocycles. The van der Waals surface area contributed by atoms with Gasteiger partial charge in [-0.15, -0.1) is 5.10 Å². The highest BCUT2D eigenvalue weighted by Crippen LogP contribution is 2.25. The van der Waals surface area contributed by atoms with E-state index in [-0.39, 0.29) is 6.10 Å². The normalized spacial score (nSPS) is 17.8. The fourth-order valence-electron chi connectivity index (χ4n) is 2.88. The Labute approximate surface area is 148 Å². The quantitative estimate of drug-likeness (QED) is 0.648. The van der Waals surface area contributed by atoms with Gasteiger partial charge in [0.05, 0.1) is 29.4 Å². The van der Waals surface area contributed by atoms with Gasteiger partial charge in [-0.3, -0.25) is 0 Å². The first-order valence-electron chi connectivity index (χ1n) is 7.82. The molecule has 0 saturated carbocycles. The van der Waals surface area contributed by atoms with Crippen LogP contribution in [-0.2, 0) is 24.1 Å². The topological polar surface area (TPSA) is 70.7 Å². The van der Waals surface area contributed by atoms with Crippen LogP contribution in [0.3, 0.4) is 0 Å². The molecule has 1 aromatic carbocycles. The number of tetrazole rings is 1. The predicted molar refractivity (Wildman–Crippen MR) is 92.1 cm³/mol. The van der Waals surface area contributed by atoms with E-state index in [0.29, 0.717) is 17.3 Å². The average molecular weight is 365 g/mol. The van der Waals surface area contributed by atoms with Gasteiger partial charge in [0.1, 0.15) is 5.82 Å². The minimum atomic E-state index is 0.214. The van der Waals surface area contributed by atoms with Gasteiger partial charge in [0.25, 0.3) is 0 Å². The van der Waals surface area contributed by atoms with Crippen LogP contribution < -0.4 is 0 Å². The number of thioether (sulfide) groups is 1. The van der Waals surface area contributed by atoms with Crippen molar-refractivity contribution in [2.75, 3.05) is 6.61 Å². The van der Waals surface area contributed by atoms with Crippen LogP contribution in [0.2, 0.25) is 5.02 Å². The van der Waals surface area contributed by atoms with E-state index in [1.165, 1.54) is 0 Å². The van der Waals surface area contributed by atoms with Gasteiger partial charge >= 0.3 is 0 Å². The van der Waals surface area contributed by atoms with Crippen molar-refractivity contribution in [3.05, 3.63) is 29.0 Å². The van der Waals surface area contributed by atoms with Crippen molar-refractivity contribution >= 4 is 34.4 Å². The van der Waals surface area contributed by atoms with Gasteiger partial charge in [0.2, 0.25) is 5.16 Å². The Hall–Kier alpha value is -1.64. The number of hydrogen-bond donors (Lipinski definition) is 0. The number of fused-ring (bicyclic) bond motifs is 1. The number of ether oxygens (including phenoxy) is 1. The number of nitrogens with zero attached hydrogens (tertiary/aromatic N) is 6. The van der Waals surface area contributed by atoms with Crippen LogP contribution in [0.15, 0.2) is 23.4 Å². The zero-order chi connectivity index (χ0) is 16.5. The molecule has 0 spiro atoms. The smallest absolute Gasteiger partial charge is 0.209 e. The number of halogens is 1. The Morgan fingerprint density at radius 2 is 2.33 bits per heavy atom. The molecule has 1 atom stereocenters. The molecule has 0 bridgehead atoms. The van der Waals surface area contributed by atoms with Crippen LogP contribution in [0.5, 0.6) is 0 Å². The summed E-state index contributed by atoms with van der Waals surface area (Å²) < 4.78 is 9.56. The molecule has 7 nitrogen and oxygen atoms in total. The summed E-state index contributed by atoms with van der Waals surface area (Å²) >= 11 is 7.62. The lowest BCUT2D eigenvalue weighted by Crippen LogP contribution is -2.16. The minimum Gasteiger partial charge on any atom is -0.376 e. The van der Waals surface area contributed by atoms with Gasteiger partial charge in [-0.2, -0.15) is 0 Å². The fourth-order valence-corrected chi connectivity index (χ4v) is 3.91. The molecule has 24 heavy (non-hydrogen) atoms. The van der Waals surface area contributed by atoms with E-state index in [9.17, 15) is 0 Å². The van der Waals surface area contributed by atoms with E-state index in [4.69, 9.17) is 16.3 Å². The Bertz CT molecular complexity index is 857. The average Bonchev–Trinajstić information content (AvgIpc) is 3.28. The number of aromatic nitrogens is 6. The maximum absolute atomic E-state index is 6.04. The van der Waals surface area contributed by atoms with Gasteiger partial charge in [-0.25, -0.2) is 9.67 Å². The summed E-state index contributed by atoms with van der Waals surface area (Å²) in [6.07, 6.45) is 2.39. The van der Waals surface area contributed by atoms with Crippen molar-refractivity contribution in [2.45, 2.75) is 36.4 Å². The molecule has 3 heterocycles. The molecule has 0 aliphatic carbocycles. The maximum atomic E-state index is 6.04. The summed E-state index contributed by atoms with van der Waals surface area (Å²) in [4.78, 5) is 4.66. The van der Waals surface area contributed by atoms with Crippen LogP contribution in [0.25, 0.3) is 11.0 Å². The lowest BCUT2D eigenvalue weighted by molar-refractivity contribution is 0.0912. The Morgan fingerprint density at radius 3 is 3.17 bits per heavy atom. The molecule has 0 amide bonds. The Kier molecular flexibility index (Phi) is 4.43. The highest BCUT2D eigenvalue weighted by Gasteiger charge is 2.19. The first-order chi connectivity index (χ1) is 11.7. The number of aryl methyl sites for hydroxylation is 1. The van der Waals surface area contributed by atoms with Gasteiger partial charge in [-0.05, 0) is 41.5 Å². The first kappa shape index (κ1) is 15.9. The lowest BCUT2D eigenvalue weighted by Gasteiger charge is -2.09. The summed E-state index contributed by atoms with van der Waals surface area (Å²) in [6, 6.07) is 5.75. The standard InChI is InChI=1S/C15H17ClN6OS/c1-21-13-5-4-10(16)7-12(13)17-14(21)9-24-15-18-19-20-22(15)8-11-3-2-6-23-11/h4-5,7,11H,2-3,6,8-9H2,1H3. The molecule has 3 aromatic rings. The number of rotatable bonds is 5. The number of hydrogen-bond acceptors (Lipinski definition) is 6. The van der Waals surface area contributed by atoms with Crippen molar-refractivity contribution in [1.29, 1.82) is 0 Å². The Morgan fingerprint density at radius 1 is 1.42 bits per heavy atom. The van der Waals surface area contributed by atoms with Crippen molar-refractivity contribution in [1.82, 2.24) is 29.8 Å². The lowest BCUT2D eigenvalue weighted by atomic mass is 10.2. The van der Waals surface area contributed by atoms with Crippen molar-refractivity contribution in [2.24, 2.45) is 7.05 Å². The molecule has 0 radical (unpaired) electrons. The van der Waals surface area contributed by atoms with E-state index in [0.717, 1.165) is 41.5 Å². The first-order valence-corrected chi connectivity index (χ1v) is 9.18. The zero-order valence-corrected chi connectivity index (χ0v) is 14.8. The van der Waals surface area contributed by atoms with Crippen molar-refractivity contribution in [3.8, 4) is 0 Å². The summed E-state index contributed by atoms with van der Waals surface area (Å²) in [5.41, 5.74) is 1.97. The third-order valence-electron chi connectivity index (χ3n) is 4.17. The highest BCUT2D eigenvalue weighted by molar-refractivity contribution is 7.98. The van der Waals surface area contributed by atoms with Crippen molar-refractivity contribution in [3.63, 3.8) is 0 Å². The molecule has 1 aliphatic heterocycles. The second-order valence-electron chi connectivity index (χ2n) is 5.79. The van der Waals surface area contributed by atoms with E-state index in [2.05, 4.69) is 25.1 Å².